The molecule has 1 fully saturated rings. The van der Waals surface area contributed by atoms with E-state index in [1.54, 1.807) is 5.57 Å². The van der Waals surface area contributed by atoms with Crippen molar-refractivity contribution in [3.05, 3.63) is 23.8 Å². The normalized spacial score (nSPS) is 18.1. The highest BCUT2D eigenvalue weighted by atomic mass is 14.1. The van der Waals surface area contributed by atoms with Crippen LogP contribution in [0.3, 0.4) is 0 Å². The van der Waals surface area contributed by atoms with Gasteiger partial charge in [-0.15, -0.1) is 0 Å². The molecule has 0 nitrogen and oxygen atoms in total. The second-order valence-electron chi connectivity index (χ2n) is 3.58. The lowest BCUT2D eigenvalue weighted by Crippen LogP contribution is -1.93. The van der Waals surface area contributed by atoms with Crippen molar-refractivity contribution in [3.8, 4) is 0 Å². The number of hydrogen-bond acceptors (Lipinski definition) is 0. The standard InChI is InChI=1S/C11H18/c1-10(2)8-9-11-6-4-3-5-7-11/h9H,1,3-8H2,2H3. The van der Waals surface area contributed by atoms with E-state index in [1.807, 2.05) is 0 Å². The van der Waals surface area contributed by atoms with E-state index in [0.29, 0.717) is 0 Å². The third kappa shape index (κ3) is 3.41. The van der Waals surface area contributed by atoms with E-state index in [9.17, 15) is 0 Å². The van der Waals surface area contributed by atoms with E-state index in [2.05, 4.69) is 19.6 Å². The highest BCUT2D eigenvalue weighted by molar-refractivity contribution is 5.09. The summed E-state index contributed by atoms with van der Waals surface area (Å²) in [4.78, 5) is 0. The Kier molecular flexibility index (Phi) is 3.41. The van der Waals surface area contributed by atoms with Crippen LogP contribution in [-0.2, 0) is 0 Å². The zero-order valence-electron chi connectivity index (χ0n) is 7.53. The molecule has 0 amide bonds. The van der Waals surface area contributed by atoms with Crippen molar-refractivity contribution in [1.82, 2.24) is 0 Å². The lowest BCUT2D eigenvalue weighted by atomic mass is 9.94. The smallest absolute Gasteiger partial charge is 0.0142 e. The molecule has 1 rings (SSSR count). The average molecular weight is 150 g/mol. The van der Waals surface area contributed by atoms with Crippen molar-refractivity contribution >= 4 is 0 Å². The fraction of sp³-hybridized carbons (Fsp3) is 0.636. The van der Waals surface area contributed by atoms with Gasteiger partial charge >= 0.3 is 0 Å². The molecule has 0 heterocycles. The van der Waals surface area contributed by atoms with Gasteiger partial charge in [-0.05, 0) is 39.0 Å². The zero-order valence-corrected chi connectivity index (χ0v) is 7.53. The molecular weight excluding hydrogens is 132 g/mol. The maximum absolute atomic E-state index is 3.89. The van der Waals surface area contributed by atoms with Gasteiger partial charge in [-0.1, -0.05) is 30.2 Å². The molecule has 0 spiro atoms. The summed E-state index contributed by atoms with van der Waals surface area (Å²) < 4.78 is 0. The summed E-state index contributed by atoms with van der Waals surface area (Å²) in [5, 5.41) is 0. The molecule has 11 heavy (non-hydrogen) atoms. The van der Waals surface area contributed by atoms with Gasteiger partial charge in [-0.25, -0.2) is 0 Å². The molecule has 0 atom stereocenters. The van der Waals surface area contributed by atoms with Crippen molar-refractivity contribution < 1.29 is 0 Å². The Morgan fingerprint density at radius 1 is 1.36 bits per heavy atom. The Hall–Kier alpha value is -0.520. The summed E-state index contributed by atoms with van der Waals surface area (Å²) in [5.41, 5.74) is 2.95. The molecule has 0 radical (unpaired) electrons. The van der Waals surface area contributed by atoms with Gasteiger partial charge in [0.1, 0.15) is 0 Å². The average Bonchev–Trinajstić information content (AvgIpc) is 2.03. The largest absolute Gasteiger partial charge is 0.0998 e. The molecule has 1 aliphatic carbocycles. The lowest BCUT2D eigenvalue weighted by molar-refractivity contribution is 0.597. The Morgan fingerprint density at radius 2 is 2.00 bits per heavy atom. The molecule has 0 N–H and O–H groups in total. The van der Waals surface area contributed by atoms with E-state index in [4.69, 9.17) is 0 Å². The summed E-state index contributed by atoms with van der Waals surface area (Å²) in [6, 6.07) is 0. The van der Waals surface area contributed by atoms with Crippen LogP contribution in [0.15, 0.2) is 23.8 Å². The SMILES string of the molecule is C=C(C)CC=C1CCCCC1. The molecule has 62 valence electrons. The van der Waals surface area contributed by atoms with Crippen molar-refractivity contribution in [2.75, 3.05) is 0 Å². The van der Waals surface area contributed by atoms with Crippen molar-refractivity contribution in [2.45, 2.75) is 45.4 Å². The highest BCUT2D eigenvalue weighted by Gasteiger charge is 2.03. The predicted molar refractivity (Wildman–Crippen MR) is 50.6 cm³/mol. The van der Waals surface area contributed by atoms with Crippen LogP contribution in [0.2, 0.25) is 0 Å². The van der Waals surface area contributed by atoms with Crippen LogP contribution in [0.4, 0.5) is 0 Å². The van der Waals surface area contributed by atoms with E-state index >= 15 is 0 Å². The van der Waals surface area contributed by atoms with Gasteiger partial charge in [0.05, 0.1) is 0 Å². The van der Waals surface area contributed by atoms with E-state index in [-0.39, 0.29) is 0 Å². The van der Waals surface area contributed by atoms with Crippen LogP contribution in [0.1, 0.15) is 45.4 Å². The quantitative estimate of drug-likeness (QED) is 0.524. The summed E-state index contributed by atoms with van der Waals surface area (Å²) in [6.45, 7) is 5.99. The van der Waals surface area contributed by atoms with Crippen LogP contribution in [0, 0.1) is 0 Å². The van der Waals surface area contributed by atoms with Crippen LogP contribution in [0.25, 0.3) is 0 Å². The highest BCUT2D eigenvalue weighted by Crippen LogP contribution is 2.23. The summed E-state index contributed by atoms with van der Waals surface area (Å²) in [5.74, 6) is 0. The molecule has 0 unspecified atom stereocenters. The van der Waals surface area contributed by atoms with E-state index < -0.39 is 0 Å². The Morgan fingerprint density at radius 3 is 2.55 bits per heavy atom. The second kappa shape index (κ2) is 4.38. The third-order valence-electron chi connectivity index (χ3n) is 2.23. The summed E-state index contributed by atoms with van der Waals surface area (Å²) >= 11 is 0. The van der Waals surface area contributed by atoms with Gasteiger partial charge in [0.25, 0.3) is 0 Å². The Bertz CT molecular complexity index is 155. The number of allylic oxidation sites excluding steroid dienone is 3. The molecule has 1 aliphatic rings. The second-order valence-corrected chi connectivity index (χ2v) is 3.58. The first-order valence-electron chi connectivity index (χ1n) is 4.61. The maximum atomic E-state index is 3.89. The minimum absolute atomic E-state index is 1.09. The minimum atomic E-state index is 1.09. The van der Waals surface area contributed by atoms with Crippen molar-refractivity contribution in [3.63, 3.8) is 0 Å². The first-order chi connectivity index (χ1) is 5.29. The lowest BCUT2D eigenvalue weighted by Gasteiger charge is -2.13. The van der Waals surface area contributed by atoms with Gasteiger partial charge in [0.15, 0.2) is 0 Å². The van der Waals surface area contributed by atoms with Crippen LogP contribution in [0.5, 0.6) is 0 Å². The molecule has 0 aromatic rings. The molecule has 0 saturated heterocycles. The van der Waals surface area contributed by atoms with Gasteiger partial charge in [-0.2, -0.15) is 0 Å². The van der Waals surface area contributed by atoms with Gasteiger partial charge in [0, 0.05) is 0 Å². The first kappa shape index (κ1) is 8.58. The predicted octanol–water partition coefficient (Wildman–Crippen LogP) is 3.84. The van der Waals surface area contributed by atoms with E-state index in [1.165, 1.54) is 37.7 Å². The van der Waals surface area contributed by atoms with E-state index in [0.717, 1.165) is 6.42 Å². The van der Waals surface area contributed by atoms with Crippen molar-refractivity contribution in [1.29, 1.82) is 0 Å². The Labute approximate surface area is 70.0 Å². The molecule has 1 saturated carbocycles. The van der Waals surface area contributed by atoms with Gasteiger partial charge < -0.3 is 0 Å². The first-order valence-corrected chi connectivity index (χ1v) is 4.61. The fourth-order valence-electron chi connectivity index (χ4n) is 1.53. The van der Waals surface area contributed by atoms with Crippen LogP contribution >= 0.6 is 0 Å². The summed E-state index contributed by atoms with van der Waals surface area (Å²) in [7, 11) is 0. The monoisotopic (exact) mass is 150 g/mol. The summed E-state index contributed by atoms with van der Waals surface area (Å²) in [6.07, 6.45) is 10.4. The molecule has 0 aromatic heterocycles. The zero-order chi connectivity index (χ0) is 8.10. The van der Waals surface area contributed by atoms with Gasteiger partial charge in [-0.3, -0.25) is 0 Å². The molecular formula is C11H18. The van der Waals surface area contributed by atoms with Crippen LogP contribution < -0.4 is 0 Å². The third-order valence-corrected chi connectivity index (χ3v) is 2.23. The fourth-order valence-corrected chi connectivity index (χ4v) is 1.53. The molecule has 0 aromatic carbocycles. The minimum Gasteiger partial charge on any atom is -0.0998 e. The molecule has 0 bridgehead atoms. The maximum Gasteiger partial charge on any atom is -0.0142 e. The molecule has 0 heteroatoms. The Balaban J connectivity index is 2.32. The molecule has 0 aliphatic heterocycles. The van der Waals surface area contributed by atoms with Crippen LogP contribution in [-0.4, -0.2) is 0 Å². The topological polar surface area (TPSA) is 0 Å². The van der Waals surface area contributed by atoms with Crippen molar-refractivity contribution in [2.24, 2.45) is 0 Å². The number of hydrogen-bond donors (Lipinski definition) is 0. The van der Waals surface area contributed by atoms with Gasteiger partial charge in [0.2, 0.25) is 0 Å². The number of rotatable bonds is 2.